The van der Waals surface area contributed by atoms with Crippen molar-refractivity contribution in [2.75, 3.05) is 13.2 Å². The Morgan fingerprint density at radius 3 is 2.74 bits per heavy atom. The molecule has 2 heterocycles. The molecule has 7 heteroatoms. The van der Waals surface area contributed by atoms with Gasteiger partial charge in [0, 0.05) is 16.8 Å². The first kappa shape index (κ1) is 18.1. The van der Waals surface area contributed by atoms with E-state index >= 15 is 0 Å². The van der Waals surface area contributed by atoms with Crippen molar-refractivity contribution < 1.29 is 9.47 Å². The van der Waals surface area contributed by atoms with Gasteiger partial charge in [-0.1, -0.05) is 45.9 Å². The van der Waals surface area contributed by atoms with Crippen LogP contribution in [0, 0.1) is 0 Å². The molecule has 3 aromatic rings. The highest BCUT2D eigenvalue weighted by Gasteiger charge is 2.16. The molecule has 5 nitrogen and oxygen atoms in total. The van der Waals surface area contributed by atoms with Crippen molar-refractivity contribution in [3.05, 3.63) is 69.4 Å². The van der Waals surface area contributed by atoms with E-state index in [-0.39, 0.29) is 5.56 Å². The minimum atomic E-state index is -0.0516. The highest BCUT2D eigenvalue weighted by atomic mass is 79.9. The van der Waals surface area contributed by atoms with Crippen LogP contribution in [0.2, 0.25) is 0 Å². The average Bonchev–Trinajstić information content (AvgIpc) is 2.69. The number of halogens is 1. The Balaban J connectivity index is 1.68. The zero-order chi connectivity index (χ0) is 18.8. The third-order valence-corrected chi connectivity index (χ3v) is 5.97. The second-order valence-electron chi connectivity index (χ2n) is 5.99. The first-order valence-electron chi connectivity index (χ1n) is 8.48. The van der Waals surface area contributed by atoms with E-state index in [0.717, 1.165) is 21.5 Å². The summed E-state index contributed by atoms with van der Waals surface area (Å²) >= 11 is 5.11. The van der Waals surface area contributed by atoms with Crippen molar-refractivity contribution in [1.82, 2.24) is 9.55 Å². The van der Waals surface area contributed by atoms with Crippen LogP contribution in [0.1, 0.15) is 5.56 Å². The number of hydrogen-bond acceptors (Lipinski definition) is 5. The van der Waals surface area contributed by atoms with Crippen molar-refractivity contribution in [3.8, 4) is 11.5 Å². The number of thioether (sulfide) groups is 1. The van der Waals surface area contributed by atoms with Gasteiger partial charge in [0.05, 0.1) is 10.9 Å². The van der Waals surface area contributed by atoms with Gasteiger partial charge in [-0.3, -0.25) is 9.36 Å². The van der Waals surface area contributed by atoms with Gasteiger partial charge in [0.1, 0.15) is 13.2 Å². The minimum absolute atomic E-state index is 0.0516. The molecule has 0 atom stereocenters. The molecule has 0 fully saturated rings. The molecule has 0 amide bonds. The van der Waals surface area contributed by atoms with E-state index in [1.165, 1.54) is 11.8 Å². The maximum absolute atomic E-state index is 12.8. The molecule has 0 spiro atoms. The predicted molar refractivity (Wildman–Crippen MR) is 111 cm³/mol. The summed E-state index contributed by atoms with van der Waals surface area (Å²) in [6, 6.07) is 11.3. The third-order valence-electron chi connectivity index (χ3n) is 4.21. The van der Waals surface area contributed by atoms with E-state index in [0.29, 0.717) is 41.6 Å². The van der Waals surface area contributed by atoms with Crippen LogP contribution < -0.4 is 15.0 Å². The zero-order valence-electron chi connectivity index (χ0n) is 14.5. The van der Waals surface area contributed by atoms with Gasteiger partial charge in [-0.05, 0) is 29.8 Å². The summed E-state index contributed by atoms with van der Waals surface area (Å²) in [5.74, 6) is 2.13. The molecule has 138 valence electrons. The molecule has 2 aromatic carbocycles. The third kappa shape index (κ3) is 3.61. The molecule has 1 aromatic heterocycles. The summed E-state index contributed by atoms with van der Waals surface area (Å²) in [7, 11) is 0. The number of para-hydroxylation sites is 1. The highest BCUT2D eigenvalue weighted by molar-refractivity contribution is 9.10. The van der Waals surface area contributed by atoms with Gasteiger partial charge < -0.3 is 9.47 Å². The SMILES string of the molecule is C=CCn1c(SCc2cc3c(cc2Br)OCCO3)nc2ccccc2c1=O. The molecule has 1 aliphatic rings. The summed E-state index contributed by atoms with van der Waals surface area (Å²) in [6.45, 7) is 5.29. The fraction of sp³-hybridized carbons (Fsp3) is 0.200. The van der Waals surface area contributed by atoms with Crippen LogP contribution in [-0.2, 0) is 12.3 Å². The van der Waals surface area contributed by atoms with Gasteiger partial charge in [0.15, 0.2) is 16.7 Å². The monoisotopic (exact) mass is 444 g/mol. The van der Waals surface area contributed by atoms with Crippen LogP contribution in [0.4, 0.5) is 0 Å². The Morgan fingerprint density at radius 2 is 1.96 bits per heavy atom. The smallest absolute Gasteiger partial charge is 0.262 e. The van der Waals surface area contributed by atoms with E-state index in [9.17, 15) is 4.79 Å². The average molecular weight is 445 g/mol. The number of aromatic nitrogens is 2. The molecule has 1 aliphatic heterocycles. The molecule has 27 heavy (non-hydrogen) atoms. The molecule has 0 saturated carbocycles. The van der Waals surface area contributed by atoms with E-state index in [1.54, 1.807) is 16.7 Å². The standard InChI is InChI=1S/C20H17BrN2O3S/c1-2-7-23-19(24)14-5-3-4-6-16(14)22-20(23)27-12-13-10-17-18(11-15(13)21)26-9-8-25-17/h2-6,10-11H,1,7-9,12H2. The van der Waals surface area contributed by atoms with Gasteiger partial charge in [-0.25, -0.2) is 4.98 Å². The van der Waals surface area contributed by atoms with Gasteiger partial charge >= 0.3 is 0 Å². The van der Waals surface area contributed by atoms with Crippen LogP contribution in [-0.4, -0.2) is 22.8 Å². The molecule has 4 rings (SSSR count). The van der Waals surface area contributed by atoms with Gasteiger partial charge in [0.25, 0.3) is 5.56 Å². The lowest BCUT2D eigenvalue weighted by molar-refractivity contribution is 0.171. The Labute approximate surface area is 169 Å². The molecular weight excluding hydrogens is 428 g/mol. The number of rotatable bonds is 5. The molecule has 0 saturated heterocycles. The normalized spacial score (nSPS) is 12.9. The first-order chi connectivity index (χ1) is 13.2. The summed E-state index contributed by atoms with van der Waals surface area (Å²) in [5, 5.41) is 1.28. The van der Waals surface area contributed by atoms with Crippen LogP contribution >= 0.6 is 27.7 Å². The topological polar surface area (TPSA) is 53.4 Å². The largest absolute Gasteiger partial charge is 0.486 e. The summed E-state index contributed by atoms with van der Waals surface area (Å²) < 4.78 is 13.9. The second kappa shape index (κ2) is 7.78. The van der Waals surface area contributed by atoms with Crippen molar-refractivity contribution in [1.29, 1.82) is 0 Å². The number of ether oxygens (including phenoxy) is 2. The first-order valence-corrected chi connectivity index (χ1v) is 10.3. The summed E-state index contributed by atoms with van der Waals surface area (Å²) in [5.41, 5.74) is 1.70. The fourth-order valence-electron chi connectivity index (χ4n) is 2.91. The molecule has 0 unspecified atom stereocenters. The summed E-state index contributed by atoms with van der Waals surface area (Å²) in [6.07, 6.45) is 1.71. The van der Waals surface area contributed by atoms with Crippen LogP contribution in [0.25, 0.3) is 10.9 Å². The predicted octanol–water partition coefficient (Wildman–Crippen LogP) is 4.41. The van der Waals surface area contributed by atoms with Crippen LogP contribution in [0.15, 0.2) is 63.5 Å². The molecular formula is C20H17BrN2O3S. The van der Waals surface area contributed by atoms with Crippen molar-refractivity contribution >= 4 is 38.6 Å². The maximum Gasteiger partial charge on any atom is 0.262 e. The second-order valence-corrected chi connectivity index (χ2v) is 7.79. The van der Waals surface area contributed by atoms with Crippen molar-refractivity contribution in [2.45, 2.75) is 17.5 Å². The van der Waals surface area contributed by atoms with Crippen molar-refractivity contribution in [2.24, 2.45) is 0 Å². The molecule has 0 N–H and O–H groups in total. The minimum Gasteiger partial charge on any atom is -0.486 e. The van der Waals surface area contributed by atoms with E-state index < -0.39 is 0 Å². The van der Waals surface area contributed by atoms with Crippen LogP contribution in [0.5, 0.6) is 11.5 Å². The fourth-order valence-corrected chi connectivity index (χ4v) is 4.55. The Hall–Kier alpha value is -2.25. The number of nitrogens with zero attached hydrogens (tertiary/aromatic N) is 2. The number of benzene rings is 2. The molecule has 0 bridgehead atoms. The number of fused-ring (bicyclic) bond motifs is 2. The van der Waals surface area contributed by atoms with Gasteiger partial charge in [-0.15, -0.1) is 6.58 Å². The molecule has 0 radical (unpaired) electrons. The Bertz CT molecular complexity index is 1080. The lowest BCUT2D eigenvalue weighted by atomic mass is 10.2. The van der Waals surface area contributed by atoms with Gasteiger partial charge in [-0.2, -0.15) is 0 Å². The molecule has 0 aliphatic carbocycles. The van der Waals surface area contributed by atoms with E-state index in [1.807, 2.05) is 30.3 Å². The van der Waals surface area contributed by atoms with E-state index in [2.05, 4.69) is 22.5 Å². The van der Waals surface area contributed by atoms with Gasteiger partial charge in [0.2, 0.25) is 0 Å². The Kier molecular flexibility index (Phi) is 5.22. The van der Waals surface area contributed by atoms with Crippen LogP contribution in [0.3, 0.4) is 0 Å². The maximum atomic E-state index is 12.8. The lowest BCUT2D eigenvalue weighted by Gasteiger charge is -2.20. The zero-order valence-corrected chi connectivity index (χ0v) is 16.9. The number of allylic oxidation sites excluding steroid dienone is 1. The lowest BCUT2D eigenvalue weighted by Crippen LogP contribution is -2.22. The highest BCUT2D eigenvalue weighted by Crippen LogP contribution is 2.37. The summed E-state index contributed by atoms with van der Waals surface area (Å²) in [4.78, 5) is 17.5. The quantitative estimate of drug-likeness (QED) is 0.331. The Morgan fingerprint density at radius 1 is 1.22 bits per heavy atom. The number of hydrogen-bond donors (Lipinski definition) is 0. The van der Waals surface area contributed by atoms with Crippen molar-refractivity contribution in [3.63, 3.8) is 0 Å². The van der Waals surface area contributed by atoms with E-state index in [4.69, 9.17) is 14.5 Å².